The molecule has 18 rings (SSSR count). The lowest BCUT2D eigenvalue weighted by Gasteiger charge is -2.42. The third-order valence-electron chi connectivity index (χ3n) is 29.4. The minimum absolute atomic E-state index is 0.00149. The number of fused-ring (bicyclic) bond motifs is 5. The van der Waals surface area contributed by atoms with Gasteiger partial charge in [-0.1, -0.05) is 97.9 Å². The number of alkyl halides is 3. The summed E-state index contributed by atoms with van der Waals surface area (Å²) in [5, 5.41) is 35.1. The van der Waals surface area contributed by atoms with Crippen molar-refractivity contribution in [1.29, 1.82) is 15.8 Å². The van der Waals surface area contributed by atoms with Gasteiger partial charge < -0.3 is 68.1 Å². The van der Waals surface area contributed by atoms with Crippen LogP contribution in [0.1, 0.15) is 127 Å². The van der Waals surface area contributed by atoms with Crippen LogP contribution in [-0.4, -0.2) is 302 Å². The van der Waals surface area contributed by atoms with Crippen LogP contribution >= 0.6 is 0 Å². The first kappa shape index (κ1) is 92.2. The van der Waals surface area contributed by atoms with Gasteiger partial charge in [0, 0.05) is 180 Å². The van der Waals surface area contributed by atoms with Crippen LogP contribution in [0.15, 0.2) is 134 Å². The van der Waals surface area contributed by atoms with Crippen molar-refractivity contribution in [2.24, 2.45) is 0 Å². The largest absolute Gasteiger partial charge is 0.462 e. The molecule has 702 valence electrons. The Morgan fingerprint density at radius 1 is 0.463 bits per heavy atom. The maximum atomic E-state index is 15.6. The van der Waals surface area contributed by atoms with Gasteiger partial charge in [-0.05, 0) is 177 Å². The number of hydrogen-bond donors (Lipinski definition) is 0. The molecule has 10 aliphatic heterocycles. The maximum Gasteiger partial charge on any atom is 0.418 e. The Hall–Kier alpha value is -12.3. The summed E-state index contributed by atoms with van der Waals surface area (Å²) in [6, 6.07) is 39.1. The Labute approximate surface area is 783 Å². The molecular weight excluding hydrogens is 1700 g/mol. The molecule has 7 fully saturated rings. The summed E-state index contributed by atoms with van der Waals surface area (Å²) >= 11 is 0. The molecule has 5 aromatic carbocycles. The van der Waals surface area contributed by atoms with E-state index in [9.17, 15) is 30.2 Å². The van der Waals surface area contributed by atoms with Crippen LogP contribution in [0.5, 0.6) is 18.0 Å². The number of halogens is 3. The Bertz CT molecular complexity index is 5850. The number of hydrogen-bond acceptors (Lipinski definition) is 26. The van der Waals surface area contributed by atoms with Crippen molar-refractivity contribution in [3.63, 3.8) is 0 Å². The summed E-state index contributed by atoms with van der Waals surface area (Å²) in [6.45, 7) is 16.4. The smallest absolute Gasteiger partial charge is 0.418 e. The third kappa shape index (κ3) is 20.3. The molecule has 8 aromatic rings. The van der Waals surface area contributed by atoms with Gasteiger partial charge in [-0.25, -0.2) is 0 Å². The number of likely N-dealkylation sites (tertiary alicyclic amines) is 4. The summed E-state index contributed by atoms with van der Waals surface area (Å²) in [6.07, 6.45) is 12.6. The number of nitriles is 3. The SMILES string of the molecule is C=CC(=O)N1CCN(c2nc(OC[C@@H]3CCCN3C)nc3c2CCN(c2cc(C4C[C@@H](COc5nc6c(c(N7CCN(C(=O)/C=C/CN8CCCCC8)[C@@H](CC#N)C7)n5)CCN(c5cc(C7C[C@@H](COc8nc9c(c(N%10CCN(C(=O)/C=C/CN(C)C)[C@@H](CC#N)C%10)n8)CCN(c8cccc%10ccccc8%10)C9)N(C)C7)cc7ccccc57)C6)N(C)C4)ccc2C(F)(F)F)C3)C[C@@H]1CC#N. The van der Waals surface area contributed by atoms with Crippen LogP contribution in [-0.2, 0) is 59.5 Å². The van der Waals surface area contributed by atoms with E-state index in [1.165, 1.54) is 29.5 Å². The fraction of sp³-hybridized carbons (Fsp3) is 0.510. The summed E-state index contributed by atoms with van der Waals surface area (Å²) in [4.78, 5) is 102. The second kappa shape index (κ2) is 40.9. The number of piperazine rings is 3. The molecule has 134 heavy (non-hydrogen) atoms. The van der Waals surface area contributed by atoms with E-state index in [0.29, 0.717) is 160 Å². The minimum atomic E-state index is -4.68. The summed E-state index contributed by atoms with van der Waals surface area (Å²) in [7, 11) is 10.2. The number of anilines is 6. The predicted octanol–water partition coefficient (Wildman–Crippen LogP) is 11.4. The van der Waals surface area contributed by atoms with Crippen LogP contribution in [0.3, 0.4) is 0 Å². The zero-order valence-corrected chi connectivity index (χ0v) is 77.7. The van der Waals surface area contributed by atoms with E-state index in [1.54, 1.807) is 34.1 Å². The molecule has 8 atom stereocenters. The van der Waals surface area contributed by atoms with Gasteiger partial charge in [0.1, 0.15) is 37.3 Å². The van der Waals surface area contributed by atoms with Gasteiger partial charge >= 0.3 is 24.2 Å². The summed E-state index contributed by atoms with van der Waals surface area (Å²) in [5.74, 6) is 1.58. The highest BCUT2D eigenvalue weighted by Crippen LogP contribution is 2.46. The van der Waals surface area contributed by atoms with Gasteiger partial charge in [0.05, 0.1) is 97.9 Å². The number of aromatic nitrogens is 6. The zero-order valence-electron chi connectivity index (χ0n) is 77.7. The van der Waals surface area contributed by atoms with E-state index >= 15 is 13.2 Å². The van der Waals surface area contributed by atoms with Gasteiger partial charge in [0.15, 0.2) is 0 Å². The van der Waals surface area contributed by atoms with E-state index in [-0.39, 0.29) is 110 Å². The molecule has 3 aromatic heterocycles. The Kier molecular flexibility index (Phi) is 28.1. The van der Waals surface area contributed by atoms with Gasteiger partial charge in [0.2, 0.25) is 17.7 Å². The predicted molar refractivity (Wildman–Crippen MR) is 511 cm³/mol. The fourth-order valence-electron chi connectivity index (χ4n) is 22.1. The van der Waals surface area contributed by atoms with E-state index < -0.39 is 23.8 Å². The molecule has 7 saturated heterocycles. The lowest BCUT2D eigenvalue weighted by atomic mass is 9.92. The number of benzene rings is 5. The number of nitrogens with zero attached hydrogens (tertiary/aromatic N) is 23. The molecule has 32 heteroatoms. The summed E-state index contributed by atoms with van der Waals surface area (Å²) < 4.78 is 67.1. The second-order valence-corrected chi connectivity index (χ2v) is 38.2. The molecule has 0 aliphatic carbocycles. The van der Waals surface area contributed by atoms with Crippen molar-refractivity contribution in [1.82, 2.24) is 69.1 Å². The first-order valence-electron chi connectivity index (χ1n) is 47.9. The zero-order chi connectivity index (χ0) is 92.8. The molecule has 13 heterocycles. The normalized spacial score (nSPS) is 22.9. The maximum absolute atomic E-state index is 15.6. The number of carbonyl (C=O) groups excluding carboxylic acids is 3. The highest BCUT2D eigenvalue weighted by molar-refractivity contribution is 5.96. The quantitative estimate of drug-likeness (QED) is 0.0433. The fourth-order valence-corrected chi connectivity index (χ4v) is 22.1. The van der Waals surface area contributed by atoms with Gasteiger partial charge in [-0.3, -0.25) is 29.1 Å². The molecule has 0 N–H and O–H groups in total. The average molecular weight is 1820 g/mol. The van der Waals surface area contributed by atoms with E-state index in [1.807, 2.05) is 48.0 Å². The number of amides is 3. The van der Waals surface area contributed by atoms with E-state index in [4.69, 9.17) is 44.1 Å². The van der Waals surface area contributed by atoms with Crippen LogP contribution in [0.25, 0.3) is 21.5 Å². The van der Waals surface area contributed by atoms with Crippen LogP contribution in [0.2, 0.25) is 0 Å². The van der Waals surface area contributed by atoms with Gasteiger partial charge in [0.25, 0.3) is 0 Å². The first-order chi connectivity index (χ1) is 65.1. The molecule has 2 unspecified atom stereocenters. The highest BCUT2D eigenvalue weighted by atomic mass is 19.4. The highest BCUT2D eigenvalue weighted by Gasteiger charge is 2.43. The van der Waals surface area contributed by atoms with Crippen molar-refractivity contribution < 1.29 is 41.8 Å². The number of rotatable bonds is 27. The van der Waals surface area contributed by atoms with Crippen molar-refractivity contribution in [3.8, 4) is 36.2 Å². The van der Waals surface area contributed by atoms with Crippen LogP contribution in [0, 0.1) is 34.0 Å². The lowest BCUT2D eigenvalue weighted by molar-refractivity contribution is -0.137. The Morgan fingerprint density at radius 2 is 0.925 bits per heavy atom. The van der Waals surface area contributed by atoms with Crippen molar-refractivity contribution in [2.45, 2.75) is 157 Å². The molecule has 3 amide bonds. The third-order valence-corrected chi connectivity index (χ3v) is 29.4. The molecule has 29 nitrogen and oxygen atoms in total. The number of carbonyl (C=O) groups is 3. The Morgan fingerprint density at radius 3 is 1.43 bits per heavy atom. The molecule has 0 saturated carbocycles. The molecule has 0 spiro atoms. The van der Waals surface area contributed by atoms with Crippen LogP contribution in [0.4, 0.5) is 47.7 Å². The lowest BCUT2D eigenvalue weighted by Crippen LogP contribution is -2.55. The molecule has 10 aliphatic rings. The van der Waals surface area contributed by atoms with E-state index in [2.05, 4.69) is 162 Å². The second-order valence-electron chi connectivity index (χ2n) is 38.2. The average Bonchev–Trinajstić information content (AvgIpc) is 0.969. The molecular formula is C102H122F3N23O6. The van der Waals surface area contributed by atoms with E-state index in [0.717, 1.165) is 132 Å². The monoisotopic (exact) mass is 1820 g/mol. The Balaban J connectivity index is 0.602. The first-order valence-corrected chi connectivity index (χ1v) is 47.9. The van der Waals surface area contributed by atoms with Crippen LogP contribution < -0.4 is 43.6 Å². The minimum Gasteiger partial charge on any atom is -0.462 e. The van der Waals surface area contributed by atoms with Crippen molar-refractivity contribution in [3.05, 3.63) is 184 Å². The van der Waals surface area contributed by atoms with Crippen molar-refractivity contribution in [2.75, 3.05) is 209 Å². The van der Waals surface area contributed by atoms with Gasteiger partial charge in [-0.15, -0.1) is 0 Å². The number of likely N-dealkylation sites (N-methyl/N-ethyl adjacent to an activating group) is 4. The molecule has 0 bridgehead atoms. The van der Waals surface area contributed by atoms with Gasteiger partial charge in [-0.2, -0.15) is 58.9 Å². The number of piperidine rings is 1. The molecule has 0 radical (unpaired) electrons. The number of ether oxygens (including phenoxy) is 3. The standard InChI is InChI=1S/C102H122F3N23O6/c1-7-93(129)126-50-47-123(60-75(126)30-36-106)98-85-35-46-122(65-89(85)111-99(112-98)132-66-78-22-16-40-116(78)4)92-56-70(28-29-86(92)102(103,104)105)73-54-79(117(5)58-73)67-133-101-110-88-64-121(45-34-84(88)97(114-101)125-49-52-128(77(62-125)32-38-108)95(131)27-18-43-119-41-13-8-14-42-119)91-57-72(53-71-20-10-12-24-82(71)91)74-55-80(118(6)59-74)68-134-100-109-87-63-120(90-25-15-21-69-19-9-11-23-81(69)90)44-33-83(87)96(113-100)124-48-51-127(76(61-124)31-37-107)94(130)26-17-39-115(2)3/h7,9-12,15,17-21,23-29,53,56-57,73-80H,1,8,13-14,16,22,30-35,39-52,54-55,58-68H2,2-6H3/b26-17+,27-18+/t73?,74?,75-,76-,77-,78-,79-,80-/m0/s1. The topological polar surface area (TPSA) is 273 Å². The summed E-state index contributed by atoms with van der Waals surface area (Å²) in [5.41, 5.74) is 8.60. The van der Waals surface area contributed by atoms with Crippen molar-refractivity contribution >= 4 is 73.8 Å².